The fourth-order valence-electron chi connectivity index (χ4n) is 3.91. The van der Waals surface area contributed by atoms with Crippen LogP contribution in [0.3, 0.4) is 0 Å². The van der Waals surface area contributed by atoms with Gasteiger partial charge in [0, 0.05) is 26.1 Å². The number of aliphatic imine (C=N–C) groups is 1. The molecule has 2 aliphatic rings. The lowest BCUT2D eigenvalue weighted by Crippen LogP contribution is -2.55. The molecule has 1 aromatic rings. The number of carbonyl (C=O) groups excluding carboxylic acids is 2. The molecule has 2 N–H and O–H groups in total. The number of rotatable bonds is 3. The number of nitrogens with two attached hydrogens (primary N) is 1. The molecule has 0 aromatic heterocycles. The molecule has 7 heteroatoms. The van der Waals surface area contributed by atoms with Gasteiger partial charge in [-0.1, -0.05) is 12.1 Å². The lowest BCUT2D eigenvalue weighted by Gasteiger charge is -2.43. The van der Waals surface area contributed by atoms with Crippen LogP contribution in [0.4, 0.5) is 0 Å². The number of guanidine groups is 1. The summed E-state index contributed by atoms with van der Waals surface area (Å²) in [5.74, 6) is 0.332. The van der Waals surface area contributed by atoms with Crippen LogP contribution < -0.4 is 5.73 Å². The van der Waals surface area contributed by atoms with Gasteiger partial charge in [0.1, 0.15) is 0 Å². The summed E-state index contributed by atoms with van der Waals surface area (Å²) in [6.07, 6.45) is 2.37. The van der Waals surface area contributed by atoms with Crippen LogP contribution in [0, 0.1) is 17.2 Å². The highest BCUT2D eigenvalue weighted by Gasteiger charge is 2.43. The highest BCUT2D eigenvalue weighted by molar-refractivity contribution is 5.98. The number of hydrogen-bond donors (Lipinski definition) is 1. The third-order valence-corrected chi connectivity index (χ3v) is 5.66. The first kappa shape index (κ1) is 18.9. The summed E-state index contributed by atoms with van der Waals surface area (Å²) in [5, 5.41) is 9.01. The van der Waals surface area contributed by atoms with E-state index in [0.29, 0.717) is 25.1 Å². The highest BCUT2D eigenvalue weighted by atomic mass is 16.2. The molecule has 2 heterocycles. The Kier molecular flexibility index (Phi) is 5.17. The summed E-state index contributed by atoms with van der Waals surface area (Å²) in [6, 6.07) is 9.24. The molecule has 7 nitrogen and oxygen atoms in total. The van der Waals surface area contributed by atoms with Crippen LogP contribution in [-0.2, 0) is 16.0 Å². The van der Waals surface area contributed by atoms with Crippen molar-refractivity contribution in [1.29, 1.82) is 5.26 Å². The van der Waals surface area contributed by atoms with Gasteiger partial charge in [-0.15, -0.1) is 0 Å². The van der Waals surface area contributed by atoms with Crippen LogP contribution in [-0.4, -0.2) is 53.2 Å². The number of piperidine rings is 1. The van der Waals surface area contributed by atoms with E-state index in [2.05, 4.69) is 11.1 Å². The maximum atomic E-state index is 12.8. The minimum atomic E-state index is -0.576. The smallest absolute Gasteiger partial charge is 0.231 e. The Morgan fingerprint density at radius 1 is 1.48 bits per heavy atom. The molecule has 0 aliphatic carbocycles. The third-order valence-electron chi connectivity index (χ3n) is 5.66. The number of hydrogen-bond acceptors (Lipinski definition) is 5. The molecule has 1 aromatic carbocycles. The Hall–Kier alpha value is -2.88. The van der Waals surface area contributed by atoms with E-state index < -0.39 is 5.54 Å². The van der Waals surface area contributed by atoms with Gasteiger partial charge >= 0.3 is 0 Å². The SMILES string of the molecule is CN1C(=O)C[C@@](C)(C2CCCN(C(=O)Cc3cccc(C#N)c3)C2)N=C1N. The zero-order valence-corrected chi connectivity index (χ0v) is 15.8. The summed E-state index contributed by atoms with van der Waals surface area (Å²) < 4.78 is 0. The van der Waals surface area contributed by atoms with Gasteiger partial charge in [-0.05, 0) is 37.5 Å². The predicted octanol–water partition coefficient (Wildman–Crippen LogP) is 1.27. The van der Waals surface area contributed by atoms with E-state index in [-0.39, 0.29) is 30.1 Å². The van der Waals surface area contributed by atoms with Crippen molar-refractivity contribution in [3.05, 3.63) is 35.4 Å². The van der Waals surface area contributed by atoms with Crippen molar-refractivity contribution in [1.82, 2.24) is 9.80 Å². The van der Waals surface area contributed by atoms with Crippen molar-refractivity contribution in [3.8, 4) is 6.07 Å². The largest absolute Gasteiger partial charge is 0.369 e. The molecule has 0 radical (unpaired) electrons. The van der Waals surface area contributed by atoms with Crippen LogP contribution >= 0.6 is 0 Å². The van der Waals surface area contributed by atoms with Crippen LogP contribution in [0.5, 0.6) is 0 Å². The maximum absolute atomic E-state index is 12.8. The second kappa shape index (κ2) is 7.39. The van der Waals surface area contributed by atoms with Gasteiger partial charge in [-0.3, -0.25) is 14.5 Å². The Bertz CT molecular complexity index is 828. The molecule has 3 rings (SSSR count). The van der Waals surface area contributed by atoms with Gasteiger partial charge in [0.05, 0.1) is 30.0 Å². The second-order valence-corrected chi connectivity index (χ2v) is 7.62. The van der Waals surface area contributed by atoms with Crippen LogP contribution in [0.1, 0.15) is 37.3 Å². The van der Waals surface area contributed by atoms with E-state index in [1.807, 2.05) is 17.9 Å². The van der Waals surface area contributed by atoms with Crippen molar-refractivity contribution in [2.24, 2.45) is 16.6 Å². The first-order valence-electron chi connectivity index (χ1n) is 9.21. The van der Waals surface area contributed by atoms with E-state index in [1.54, 1.807) is 25.2 Å². The van der Waals surface area contributed by atoms with Gasteiger partial charge in [0.2, 0.25) is 11.8 Å². The normalized spacial score (nSPS) is 25.7. The summed E-state index contributed by atoms with van der Waals surface area (Å²) >= 11 is 0. The molecule has 2 aliphatic heterocycles. The molecule has 0 saturated carbocycles. The zero-order chi connectivity index (χ0) is 19.6. The van der Waals surface area contributed by atoms with E-state index in [9.17, 15) is 9.59 Å². The van der Waals surface area contributed by atoms with Crippen LogP contribution in [0.25, 0.3) is 0 Å². The van der Waals surface area contributed by atoms with Crippen molar-refractivity contribution in [3.63, 3.8) is 0 Å². The Labute approximate surface area is 159 Å². The summed E-state index contributed by atoms with van der Waals surface area (Å²) in [5.41, 5.74) is 6.74. The molecule has 0 spiro atoms. The molecule has 1 saturated heterocycles. The molecule has 0 bridgehead atoms. The molecule has 1 unspecified atom stereocenters. The maximum Gasteiger partial charge on any atom is 0.231 e. The summed E-state index contributed by atoms with van der Waals surface area (Å²) in [4.78, 5) is 32.9. The summed E-state index contributed by atoms with van der Waals surface area (Å²) in [7, 11) is 1.63. The lowest BCUT2D eigenvalue weighted by molar-refractivity contribution is -0.133. The van der Waals surface area contributed by atoms with Gasteiger partial charge in [0.15, 0.2) is 5.96 Å². The van der Waals surface area contributed by atoms with Gasteiger partial charge in [-0.2, -0.15) is 5.26 Å². The third kappa shape index (κ3) is 3.95. The first-order chi connectivity index (χ1) is 12.8. The predicted molar refractivity (Wildman–Crippen MR) is 102 cm³/mol. The first-order valence-corrected chi connectivity index (χ1v) is 9.21. The van der Waals surface area contributed by atoms with Gasteiger partial charge in [0.25, 0.3) is 0 Å². The Morgan fingerprint density at radius 3 is 2.96 bits per heavy atom. The quantitative estimate of drug-likeness (QED) is 0.869. The fraction of sp³-hybridized carbons (Fsp3) is 0.500. The molecule has 2 amide bonds. The van der Waals surface area contributed by atoms with E-state index in [0.717, 1.165) is 18.4 Å². The van der Waals surface area contributed by atoms with Crippen LogP contribution in [0.2, 0.25) is 0 Å². The fourth-order valence-corrected chi connectivity index (χ4v) is 3.91. The molecule has 1 fully saturated rings. The van der Waals surface area contributed by atoms with Gasteiger partial charge < -0.3 is 10.6 Å². The Morgan fingerprint density at radius 2 is 2.26 bits per heavy atom. The molecular formula is C20H25N5O2. The number of nitrogens with zero attached hydrogens (tertiary/aromatic N) is 4. The molecule has 2 atom stereocenters. The van der Waals surface area contributed by atoms with Crippen molar-refractivity contribution in [2.75, 3.05) is 20.1 Å². The zero-order valence-electron chi connectivity index (χ0n) is 15.8. The number of likely N-dealkylation sites (tertiary alicyclic amines) is 1. The summed E-state index contributed by atoms with van der Waals surface area (Å²) in [6.45, 7) is 3.23. The van der Waals surface area contributed by atoms with Gasteiger partial charge in [-0.25, -0.2) is 4.99 Å². The number of benzene rings is 1. The van der Waals surface area contributed by atoms with Crippen molar-refractivity contribution >= 4 is 17.8 Å². The molecular weight excluding hydrogens is 342 g/mol. The average molecular weight is 367 g/mol. The molecule has 27 heavy (non-hydrogen) atoms. The Balaban J connectivity index is 1.71. The van der Waals surface area contributed by atoms with E-state index in [4.69, 9.17) is 11.0 Å². The lowest BCUT2D eigenvalue weighted by atomic mass is 9.77. The number of amides is 2. The van der Waals surface area contributed by atoms with Crippen LogP contribution in [0.15, 0.2) is 29.3 Å². The van der Waals surface area contributed by atoms with Crippen molar-refractivity contribution in [2.45, 2.75) is 38.1 Å². The van der Waals surface area contributed by atoms with Crippen molar-refractivity contribution < 1.29 is 9.59 Å². The van der Waals surface area contributed by atoms with E-state index in [1.165, 1.54) is 4.90 Å². The monoisotopic (exact) mass is 367 g/mol. The average Bonchev–Trinajstić information content (AvgIpc) is 2.66. The topological polar surface area (TPSA) is 103 Å². The minimum Gasteiger partial charge on any atom is -0.369 e. The number of nitriles is 1. The minimum absolute atomic E-state index is 0.0367. The standard InChI is InChI=1S/C20H25N5O2/c1-20(11-18(27)24(2)19(22)23-20)16-7-4-8-25(13-16)17(26)10-14-5-3-6-15(9-14)12-21/h3,5-6,9,16H,4,7-8,10-11,13H2,1-2H3,(H2,22,23)/t16?,20-/m0/s1. The second-order valence-electron chi connectivity index (χ2n) is 7.62. The highest BCUT2D eigenvalue weighted by Crippen LogP contribution is 2.35. The molecule has 142 valence electrons. The van der Waals surface area contributed by atoms with E-state index >= 15 is 0 Å². The number of carbonyl (C=O) groups is 2.